The molecule has 2 heteroatoms. The molecule has 0 amide bonds. The van der Waals surface area contributed by atoms with Gasteiger partial charge in [-0.05, 0) is 31.7 Å². The quantitative estimate of drug-likeness (QED) is 0.791. The van der Waals surface area contributed by atoms with Crippen LogP contribution in [0.15, 0.2) is 24.3 Å². The van der Waals surface area contributed by atoms with Gasteiger partial charge in [-0.2, -0.15) is 0 Å². The highest BCUT2D eigenvalue weighted by atomic mass is 19.1. The fraction of sp³-hybridized carbons (Fsp3) is 0.538. The number of hydrogen-bond donors (Lipinski definition) is 1. The van der Waals surface area contributed by atoms with Crippen LogP contribution in [-0.2, 0) is 5.60 Å². The molecule has 1 saturated carbocycles. The van der Waals surface area contributed by atoms with E-state index in [1.54, 1.807) is 25.1 Å². The Balaban J connectivity index is 2.31. The Morgan fingerprint density at radius 2 is 1.87 bits per heavy atom. The highest BCUT2D eigenvalue weighted by Gasteiger charge is 2.37. The van der Waals surface area contributed by atoms with Crippen LogP contribution in [0.2, 0.25) is 0 Å². The van der Waals surface area contributed by atoms with Gasteiger partial charge in [0.05, 0.1) is 5.60 Å². The van der Waals surface area contributed by atoms with Crippen molar-refractivity contribution in [3.63, 3.8) is 0 Å². The minimum atomic E-state index is -1.01. The Hall–Kier alpha value is -0.890. The number of aliphatic hydroxyl groups is 1. The van der Waals surface area contributed by atoms with Crippen LogP contribution in [0.25, 0.3) is 0 Å². The van der Waals surface area contributed by atoms with Crippen molar-refractivity contribution < 1.29 is 9.50 Å². The Kier molecular flexibility index (Phi) is 2.79. The van der Waals surface area contributed by atoms with E-state index in [4.69, 9.17) is 0 Å². The van der Waals surface area contributed by atoms with Crippen LogP contribution >= 0.6 is 0 Å². The van der Waals surface area contributed by atoms with Gasteiger partial charge >= 0.3 is 0 Å². The number of hydrogen-bond acceptors (Lipinski definition) is 1. The second kappa shape index (κ2) is 3.93. The molecule has 1 aromatic carbocycles. The summed E-state index contributed by atoms with van der Waals surface area (Å²) in [5, 5.41) is 10.4. The van der Waals surface area contributed by atoms with Crippen molar-refractivity contribution in [3.8, 4) is 0 Å². The van der Waals surface area contributed by atoms with Crippen molar-refractivity contribution in [2.24, 2.45) is 5.92 Å². The molecule has 1 aliphatic rings. The fourth-order valence-corrected chi connectivity index (χ4v) is 2.58. The molecular weight excluding hydrogens is 191 g/mol. The smallest absolute Gasteiger partial charge is 0.129 e. The van der Waals surface area contributed by atoms with E-state index < -0.39 is 5.60 Å². The largest absolute Gasteiger partial charge is 0.385 e. The maximum absolute atomic E-state index is 13.6. The highest BCUT2D eigenvalue weighted by molar-refractivity contribution is 5.24. The third-order valence-electron chi connectivity index (χ3n) is 3.57. The molecule has 0 heterocycles. The Morgan fingerprint density at radius 1 is 1.27 bits per heavy atom. The number of benzene rings is 1. The van der Waals surface area contributed by atoms with E-state index >= 15 is 0 Å². The highest BCUT2D eigenvalue weighted by Crippen LogP contribution is 2.40. The third-order valence-corrected chi connectivity index (χ3v) is 3.57. The van der Waals surface area contributed by atoms with Gasteiger partial charge in [0.2, 0.25) is 0 Å². The first kappa shape index (κ1) is 10.6. The molecule has 1 N–H and O–H groups in total. The molecule has 1 nitrogen and oxygen atoms in total. The van der Waals surface area contributed by atoms with E-state index in [0.717, 1.165) is 25.7 Å². The van der Waals surface area contributed by atoms with Crippen LogP contribution in [-0.4, -0.2) is 5.11 Å². The zero-order valence-electron chi connectivity index (χ0n) is 9.04. The molecule has 0 aliphatic heterocycles. The number of rotatable bonds is 2. The van der Waals surface area contributed by atoms with Gasteiger partial charge in [-0.15, -0.1) is 0 Å². The van der Waals surface area contributed by atoms with Crippen molar-refractivity contribution in [2.45, 2.75) is 38.2 Å². The van der Waals surface area contributed by atoms with Gasteiger partial charge in [-0.1, -0.05) is 31.0 Å². The van der Waals surface area contributed by atoms with Gasteiger partial charge in [-0.3, -0.25) is 0 Å². The molecular formula is C13H17FO. The first-order valence-electron chi connectivity index (χ1n) is 5.60. The predicted octanol–water partition coefficient (Wildman–Crippen LogP) is 3.22. The molecule has 82 valence electrons. The molecule has 2 rings (SSSR count). The molecule has 1 unspecified atom stereocenters. The first-order valence-corrected chi connectivity index (χ1v) is 5.60. The third kappa shape index (κ3) is 1.91. The average Bonchev–Trinajstić information content (AvgIpc) is 2.71. The lowest BCUT2D eigenvalue weighted by molar-refractivity contribution is -0.00643. The van der Waals surface area contributed by atoms with Crippen molar-refractivity contribution in [1.82, 2.24) is 0 Å². The first-order chi connectivity index (χ1) is 7.12. The molecule has 15 heavy (non-hydrogen) atoms. The van der Waals surface area contributed by atoms with Crippen molar-refractivity contribution in [3.05, 3.63) is 35.6 Å². The standard InChI is InChI=1S/C13H17FO/c1-13(15,10-6-2-3-7-10)11-8-4-5-9-12(11)14/h4-5,8-10,15H,2-3,6-7H2,1H3. The van der Waals surface area contributed by atoms with Crippen LogP contribution in [0.1, 0.15) is 38.2 Å². The lowest BCUT2D eigenvalue weighted by Crippen LogP contribution is -2.31. The summed E-state index contributed by atoms with van der Waals surface area (Å²) in [6, 6.07) is 6.54. The van der Waals surface area contributed by atoms with Gasteiger partial charge in [0.15, 0.2) is 0 Å². The van der Waals surface area contributed by atoms with Gasteiger partial charge in [-0.25, -0.2) is 4.39 Å². The lowest BCUT2D eigenvalue weighted by atomic mass is 9.81. The zero-order chi connectivity index (χ0) is 10.9. The Bertz CT molecular complexity index is 340. The van der Waals surface area contributed by atoms with E-state index in [0.29, 0.717) is 5.56 Å². The predicted molar refractivity (Wildman–Crippen MR) is 57.9 cm³/mol. The van der Waals surface area contributed by atoms with E-state index in [1.165, 1.54) is 6.07 Å². The SMILES string of the molecule is CC(O)(c1ccccc1F)C1CCCC1. The Morgan fingerprint density at radius 3 is 2.47 bits per heavy atom. The lowest BCUT2D eigenvalue weighted by Gasteiger charge is -2.30. The minimum Gasteiger partial charge on any atom is -0.385 e. The molecule has 0 bridgehead atoms. The number of halogens is 1. The minimum absolute atomic E-state index is 0.203. The molecule has 0 aromatic heterocycles. The maximum atomic E-state index is 13.6. The molecule has 0 saturated heterocycles. The molecule has 1 aliphatic carbocycles. The van der Waals surface area contributed by atoms with Gasteiger partial charge in [0.1, 0.15) is 5.82 Å². The van der Waals surface area contributed by atoms with Gasteiger partial charge in [0.25, 0.3) is 0 Å². The molecule has 0 spiro atoms. The Labute approximate surface area is 89.9 Å². The van der Waals surface area contributed by atoms with E-state index in [1.807, 2.05) is 0 Å². The molecule has 1 atom stereocenters. The van der Waals surface area contributed by atoms with E-state index in [-0.39, 0.29) is 11.7 Å². The van der Waals surface area contributed by atoms with Crippen LogP contribution in [0.4, 0.5) is 4.39 Å². The van der Waals surface area contributed by atoms with Crippen molar-refractivity contribution in [1.29, 1.82) is 0 Å². The second-order valence-electron chi connectivity index (χ2n) is 4.61. The summed E-state index contributed by atoms with van der Waals surface area (Å²) in [5.41, 5.74) is -0.570. The average molecular weight is 208 g/mol. The normalized spacial score (nSPS) is 21.5. The summed E-state index contributed by atoms with van der Waals surface area (Å²) >= 11 is 0. The zero-order valence-corrected chi connectivity index (χ0v) is 9.04. The summed E-state index contributed by atoms with van der Waals surface area (Å²) in [5.74, 6) is -0.0937. The maximum Gasteiger partial charge on any atom is 0.129 e. The summed E-state index contributed by atoms with van der Waals surface area (Å²) in [4.78, 5) is 0. The van der Waals surface area contributed by atoms with Crippen LogP contribution in [0.5, 0.6) is 0 Å². The fourth-order valence-electron chi connectivity index (χ4n) is 2.58. The summed E-state index contributed by atoms with van der Waals surface area (Å²) in [6.45, 7) is 1.74. The molecule has 1 fully saturated rings. The van der Waals surface area contributed by atoms with Crippen molar-refractivity contribution in [2.75, 3.05) is 0 Å². The molecule has 1 aromatic rings. The van der Waals surface area contributed by atoms with E-state index in [9.17, 15) is 9.50 Å². The van der Waals surface area contributed by atoms with Crippen LogP contribution in [0.3, 0.4) is 0 Å². The summed E-state index contributed by atoms with van der Waals surface area (Å²) in [6.07, 6.45) is 4.30. The molecule has 0 radical (unpaired) electrons. The topological polar surface area (TPSA) is 20.2 Å². The summed E-state index contributed by atoms with van der Waals surface area (Å²) in [7, 11) is 0. The monoisotopic (exact) mass is 208 g/mol. The van der Waals surface area contributed by atoms with E-state index in [2.05, 4.69) is 0 Å². The van der Waals surface area contributed by atoms with Gasteiger partial charge in [0, 0.05) is 5.56 Å². The van der Waals surface area contributed by atoms with Crippen LogP contribution < -0.4 is 0 Å². The second-order valence-corrected chi connectivity index (χ2v) is 4.61. The van der Waals surface area contributed by atoms with Gasteiger partial charge < -0.3 is 5.11 Å². The van der Waals surface area contributed by atoms with Crippen molar-refractivity contribution >= 4 is 0 Å². The van der Waals surface area contributed by atoms with Crippen LogP contribution in [0, 0.1) is 11.7 Å². The summed E-state index contributed by atoms with van der Waals surface area (Å²) < 4.78 is 13.6.